The molecule has 4 amide bonds. The fourth-order valence-electron chi connectivity index (χ4n) is 4.81. The minimum absolute atomic E-state index is 0.0541. The van der Waals surface area contributed by atoms with Crippen molar-refractivity contribution in [2.45, 2.75) is 44.8 Å². The first-order valence-electron chi connectivity index (χ1n) is 11.4. The zero-order valence-electron chi connectivity index (χ0n) is 18.9. The molecular formula is C26H28N4O3. The minimum atomic E-state index is -1.23. The maximum Gasteiger partial charge on any atom is 0.325 e. The predicted octanol–water partition coefficient (Wildman–Crippen LogP) is 3.76. The fourth-order valence-corrected chi connectivity index (χ4v) is 4.81. The van der Waals surface area contributed by atoms with Crippen LogP contribution < -0.4 is 5.32 Å². The molecule has 0 radical (unpaired) electrons. The van der Waals surface area contributed by atoms with Crippen molar-refractivity contribution < 1.29 is 14.4 Å². The second kappa shape index (κ2) is 8.06. The lowest BCUT2D eigenvalue weighted by atomic mass is 9.91. The van der Waals surface area contributed by atoms with E-state index in [1.807, 2.05) is 59.5 Å². The molecule has 2 heterocycles. The van der Waals surface area contributed by atoms with Gasteiger partial charge in [-0.2, -0.15) is 0 Å². The molecule has 1 unspecified atom stereocenters. The topological polar surface area (TPSA) is 85.5 Å². The molecule has 2 aliphatic rings. The van der Waals surface area contributed by atoms with Gasteiger partial charge in [-0.1, -0.05) is 48.5 Å². The molecule has 0 spiro atoms. The number of nitrogens with zero attached hydrogens (tertiary/aromatic N) is 2. The number of nitrogens with one attached hydrogen (secondary N) is 2. The van der Waals surface area contributed by atoms with E-state index in [1.165, 1.54) is 0 Å². The summed E-state index contributed by atoms with van der Waals surface area (Å²) in [4.78, 5) is 45.8. The van der Waals surface area contributed by atoms with Gasteiger partial charge in [0.1, 0.15) is 12.1 Å². The van der Waals surface area contributed by atoms with Gasteiger partial charge < -0.3 is 15.2 Å². The van der Waals surface area contributed by atoms with Crippen molar-refractivity contribution in [3.63, 3.8) is 0 Å². The Kier molecular flexibility index (Phi) is 5.19. The van der Waals surface area contributed by atoms with E-state index in [-0.39, 0.29) is 18.5 Å². The summed E-state index contributed by atoms with van der Waals surface area (Å²) in [5.41, 5.74) is 1.37. The highest BCUT2D eigenvalue weighted by molar-refractivity contribution is 6.10. The third kappa shape index (κ3) is 3.77. The summed E-state index contributed by atoms with van der Waals surface area (Å²) >= 11 is 0. The van der Waals surface area contributed by atoms with Crippen molar-refractivity contribution in [3.05, 3.63) is 71.9 Å². The molecule has 7 nitrogen and oxygen atoms in total. The summed E-state index contributed by atoms with van der Waals surface area (Å²) in [6.45, 7) is 3.94. The number of carbonyl (C=O) groups excluding carboxylic acids is 3. The lowest BCUT2D eigenvalue weighted by Crippen LogP contribution is -2.47. The molecule has 3 aromatic rings. The van der Waals surface area contributed by atoms with Gasteiger partial charge in [-0.25, -0.2) is 4.79 Å². The molecule has 1 aromatic heterocycles. The van der Waals surface area contributed by atoms with Crippen LogP contribution in [-0.4, -0.2) is 45.2 Å². The van der Waals surface area contributed by atoms with Crippen molar-refractivity contribution in [1.29, 1.82) is 0 Å². The number of fused-ring (bicyclic) bond motifs is 1. The molecule has 7 heteroatoms. The van der Waals surface area contributed by atoms with E-state index < -0.39 is 17.5 Å². The Morgan fingerprint density at radius 3 is 2.55 bits per heavy atom. The lowest BCUT2D eigenvalue weighted by Gasteiger charge is -2.31. The van der Waals surface area contributed by atoms with E-state index in [0.717, 1.165) is 34.2 Å². The van der Waals surface area contributed by atoms with Crippen molar-refractivity contribution in [3.8, 4) is 0 Å². The van der Waals surface area contributed by atoms with E-state index in [9.17, 15) is 14.4 Å². The van der Waals surface area contributed by atoms with Crippen LogP contribution in [0.1, 0.15) is 37.8 Å². The SMILES string of the molecule is C[C@@H](C1CC1)N(Cc1ccccc1)C(=O)CN1C(=O)NC(C)(c2c[nH]c3ccccc23)C1=O. The minimum Gasteiger partial charge on any atom is -0.361 e. The molecular weight excluding hydrogens is 416 g/mol. The van der Waals surface area contributed by atoms with Crippen LogP contribution in [0.2, 0.25) is 0 Å². The van der Waals surface area contributed by atoms with E-state index in [2.05, 4.69) is 17.2 Å². The van der Waals surface area contributed by atoms with E-state index in [1.54, 1.807) is 13.1 Å². The van der Waals surface area contributed by atoms with Gasteiger partial charge in [-0.05, 0) is 44.2 Å². The average Bonchev–Trinajstić information content (AvgIpc) is 3.54. The van der Waals surface area contributed by atoms with Gasteiger partial charge in [0, 0.05) is 35.2 Å². The third-order valence-electron chi connectivity index (χ3n) is 7.01. The second-order valence-electron chi connectivity index (χ2n) is 9.28. The van der Waals surface area contributed by atoms with Crippen LogP contribution in [0.15, 0.2) is 60.8 Å². The summed E-state index contributed by atoms with van der Waals surface area (Å²) in [5.74, 6) is -0.161. The number of carbonyl (C=O) groups is 3. The van der Waals surface area contributed by atoms with Crippen LogP contribution in [-0.2, 0) is 21.7 Å². The zero-order valence-corrected chi connectivity index (χ0v) is 18.9. The first-order valence-corrected chi connectivity index (χ1v) is 11.4. The Hall–Kier alpha value is -3.61. The van der Waals surface area contributed by atoms with Crippen molar-refractivity contribution in [2.24, 2.45) is 5.92 Å². The number of urea groups is 1. The third-order valence-corrected chi connectivity index (χ3v) is 7.01. The summed E-state index contributed by atoms with van der Waals surface area (Å²) < 4.78 is 0. The van der Waals surface area contributed by atoms with E-state index in [0.29, 0.717) is 18.0 Å². The van der Waals surface area contributed by atoms with Crippen LogP contribution in [0.5, 0.6) is 0 Å². The molecule has 2 fully saturated rings. The normalized spacial score (nSPS) is 21.3. The van der Waals surface area contributed by atoms with Crippen LogP contribution in [0.25, 0.3) is 10.9 Å². The van der Waals surface area contributed by atoms with Gasteiger partial charge in [0.25, 0.3) is 5.91 Å². The average molecular weight is 445 g/mol. The summed E-state index contributed by atoms with van der Waals surface area (Å²) in [5, 5.41) is 3.70. The molecule has 2 N–H and O–H groups in total. The quantitative estimate of drug-likeness (QED) is 0.544. The highest BCUT2D eigenvalue weighted by atomic mass is 16.2. The Bertz CT molecular complexity index is 1220. The number of aromatic nitrogens is 1. The molecule has 1 aliphatic carbocycles. The Labute approximate surface area is 192 Å². The molecule has 1 aliphatic heterocycles. The molecule has 5 rings (SSSR count). The summed E-state index contributed by atoms with van der Waals surface area (Å²) in [7, 11) is 0. The van der Waals surface area contributed by atoms with Gasteiger partial charge in [-0.15, -0.1) is 0 Å². The smallest absolute Gasteiger partial charge is 0.325 e. The van der Waals surface area contributed by atoms with Crippen molar-refractivity contribution >= 4 is 28.7 Å². The predicted molar refractivity (Wildman–Crippen MR) is 125 cm³/mol. The second-order valence-corrected chi connectivity index (χ2v) is 9.28. The number of para-hydroxylation sites is 1. The molecule has 2 aromatic carbocycles. The van der Waals surface area contributed by atoms with Gasteiger partial charge in [0.2, 0.25) is 5.91 Å². The van der Waals surface area contributed by atoms with Crippen LogP contribution in [0.3, 0.4) is 0 Å². The molecule has 1 saturated carbocycles. The Morgan fingerprint density at radius 1 is 1.12 bits per heavy atom. The number of H-pyrrole nitrogens is 1. The molecule has 1 saturated heterocycles. The highest BCUT2D eigenvalue weighted by Crippen LogP contribution is 2.37. The number of benzene rings is 2. The first kappa shape index (κ1) is 21.2. The van der Waals surface area contributed by atoms with Crippen molar-refractivity contribution in [2.75, 3.05) is 6.54 Å². The number of aromatic amines is 1. The molecule has 2 atom stereocenters. The zero-order chi connectivity index (χ0) is 23.2. The standard InChI is InChI=1S/C26H28N4O3/c1-17(19-12-13-19)29(15-18-8-4-3-5-9-18)23(31)16-30-24(32)26(2,28-25(30)33)21-14-27-22-11-7-6-10-20(21)22/h3-11,14,17,19,27H,12-13,15-16H2,1-2H3,(H,28,33)/t17-,26?/m0/s1. The lowest BCUT2D eigenvalue weighted by molar-refractivity contribution is -0.140. The van der Waals surface area contributed by atoms with Gasteiger partial charge >= 0.3 is 6.03 Å². The van der Waals surface area contributed by atoms with Crippen LogP contribution >= 0.6 is 0 Å². The van der Waals surface area contributed by atoms with Gasteiger partial charge in [-0.3, -0.25) is 14.5 Å². The Morgan fingerprint density at radius 2 is 1.82 bits per heavy atom. The van der Waals surface area contributed by atoms with Gasteiger partial charge in [0.15, 0.2) is 0 Å². The maximum atomic E-state index is 13.5. The van der Waals surface area contributed by atoms with Crippen LogP contribution in [0.4, 0.5) is 4.79 Å². The monoisotopic (exact) mass is 444 g/mol. The Balaban J connectivity index is 1.39. The number of hydrogen-bond donors (Lipinski definition) is 2. The van der Waals surface area contributed by atoms with Crippen molar-refractivity contribution in [1.82, 2.24) is 20.1 Å². The summed E-state index contributed by atoms with van der Waals surface area (Å²) in [6.07, 6.45) is 3.95. The number of hydrogen-bond acceptors (Lipinski definition) is 3. The fraction of sp³-hybridized carbons (Fsp3) is 0.346. The number of amides is 4. The largest absolute Gasteiger partial charge is 0.361 e. The maximum absolute atomic E-state index is 13.5. The van der Waals surface area contributed by atoms with E-state index in [4.69, 9.17) is 0 Å². The van der Waals surface area contributed by atoms with Gasteiger partial charge in [0.05, 0.1) is 0 Å². The summed E-state index contributed by atoms with van der Waals surface area (Å²) in [6, 6.07) is 17.0. The van der Waals surface area contributed by atoms with E-state index >= 15 is 0 Å². The number of rotatable bonds is 7. The first-order chi connectivity index (χ1) is 15.9. The molecule has 33 heavy (non-hydrogen) atoms. The molecule has 170 valence electrons. The van der Waals surface area contributed by atoms with Crippen LogP contribution in [0, 0.1) is 5.92 Å². The highest BCUT2D eigenvalue weighted by Gasteiger charge is 2.51. The molecule has 0 bridgehead atoms. The number of imide groups is 1.